The lowest BCUT2D eigenvalue weighted by Crippen LogP contribution is -2.02. The van der Waals surface area contributed by atoms with E-state index in [4.69, 9.17) is 11.6 Å². The van der Waals surface area contributed by atoms with Crippen molar-refractivity contribution in [1.29, 1.82) is 0 Å². The number of hydrogen-bond acceptors (Lipinski definition) is 5. The van der Waals surface area contributed by atoms with Gasteiger partial charge in [0.25, 0.3) is 0 Å². The Morgan fingerprint density at radius 3 is 2.95 bits per heavy atom. The fraction of sp³-hybridized carbons (Fsp3) is 0.154. The van der Waals surface area contributed by atoms with Crippen LogP contribution in [0, 0.1) is 6.92 Å². The molecule has 0 bridgehead atoms. The number of rotatable bonds is 3. The van der Waals surface area contributed by atoms with E-state index in [9.17, 15) is 0 Å². The number of anilines is 1. The highest BCUT2D eigenvalue weighted by molar-refractivity contribution is 7.22. The normalized spacial score (nSPS) is 10.8. The van der Waals surface area contributed by atoms with Crippen LogP contribution in [0.3, 0.4) is 0 Å². The van der Waals surface area contributed by atoms with Crippen molar-refractivity contribution < 1.29 is 0 Å². The lowest BCUT2D eigenvalue weighted by atomic mass is 10.3. The zero-order chi connectivity index (χ0) is 13.2. The Balaban J connectivity index is 1.76. The summed E-state index contributed by atoms with van der Waals surface area (Å²) in [6, 6.07) is 5.72. The van der Waals surface area contributed by atoms with Crippen LogP contribution in [0.4, 0.5) is 5.13 Å². The van der Waals surface area contributed by atoms with E-state index in [1.807, 2.05) is 25.1 Å². The predicted octanol–water partition coefficient (Wildman–Crippen LogP) is 3.66. The van der Waals surface area contributed by atoms with E-state index in [2.05, 4.69) is 20.3 Å². The predicted molar refractivity (Wildman–Crippen MR) is 78.7 cm³/mol. The topological polar surface area (TPSA) is 50.7 Å². The first-order chi connectivity index (χ1) is 9.20. The van der Waals surface area contributed by atoms with Gasteiger partial charge >= 0.3 is 0 Å². The highest BCUT2D eigenvalue weighted by Crippen LogP contribution is 2.28. The largest absolute Gasteiger partial charge is 0.356 e. The molecule has 3 rings (SSSR count). The molecule has 0 aliphatic carbocycles. The van der Waals surface area contributed by atoms with Gasteiger partial charge in [-0.05, 0) is 25.1 Å². The van der Waals surface area contributed by atoms with Crippen molar-refractivity contribution >= 4 is 38.3 Å². The third kappa shape index (κ3) is 2.83. The van der Waals surface area contributed by atoms with Gasteiger partial charge in [0.05, 0.1) is 34.3 Å². The molecule has 0 saturated heterocycles. The lowest BCUT2D eigenvalue weighted by Gasteiger charge is -2.01. The van der Waals surface area contributed by atoms with Crippen LogP contribution in [0.25, 0.3) is 10.2 Å². The molecule has 0 radical (unpaired) electrons. The quantitative estimate of drug-likeness (QED) is 0.800. The fourth-order valence-electron chi connectivity index (χ4n) is 1.65. The van der Waals surface area contributed by atoms with Crippen molar-refractivity contribution in [3.05, 3.63) is 47.0 Å². The molecular weight excluding hydrogens is 280 g/mol. The Morgan fingerprint density at radius 2 is 2.16 bits per heavy atom. The minimum Gasteiger partial charge on any atom is -0.356 e. The number of hydrogen-bond donors (Lipinski definition) is 1. The maximum absolute atomic E-state index is 5.94. The van der Waals surface area contributed by atoms with Crippen molar-refractivity contribution in [3.8, 4) is 0 Å². The number of nitrogens with zero attached hydrogens (tertiary/aromatic N) is 3. The summed E-state index contributed by atoms with van der Waals surface area (Å²) < 4.78 is 1.11. The van der Waals surface area contributed by atoms with Gasteiger partial charge in [0.1, 0.15) is 0 Å². The van der Waals surface area contributed by atoms with Gasteiger partial charge in [-0.3, -0.25) is 9.97 Å². The third-order valence-corrected chi connectivity index (χ3v) is 3.83. The molecule has 0 amide bonds. The summed E-state index contributed by atoms with van der Waals surface area (Å²) in [6.45, 7) is 2.53. The van der Waals surface area contributed by atoms with E-state index in [-0.39, 0.29) is 0 Å². The molecule has 0 aliphatic rings. The Labute approximate surface area is 119 Å². The van der Waals surface area contributed by atoms with Crippen molar-refractivity contribution in [2.75, 3.05) is 5.32 Å². The van der Waals surface area contributed by atoms with Crippen LogP contribution in [0.15, 0.2) is 30.6 Å². The van der Waals surface area contributed by atoms with E-state index in [0.29, 0.717) is 11.6 Å². The Morgan fingerprint density at radius 1 is 1.26 bits per heavy atom. The second-order valence-electron chi connectivity index (χ2n) is 4.13. The molecular formula is C13H11ClN4S. The molecule has 4 nitrogen and oxygen atoms in total. The van der Waals surface area contributed by atoms with Crippen LogP contribution in [-0.2, 0) is 6.54 Å². The van der Waals surface area contributed by atoms with E-state index < -0.39 is 0 Å². The zero-order valence-corrected chi connectivity index (χ0v) is 11.8. The number of halogens is 1. The lowest BCUT2D eigenvalue weighted by molar-refractivity contribution is 0.983. The number of aryl methyl sites for hydroxylation is 1. The van der Waals surface area contributed by atoms with E-state index in [1.165, 1.54) is 0 Å². The number of aromatic nitrogens is 3. The van der Waals surface area contributed by atoms with Gasteiger partial charge in [0, 0.05) is 11.2 Å². The average Bonchev–Trinajstić information content (AvgIpc) is 2.80. The Kier molecular flexibility index (Phi) is 3.31. The number of fused-ring (bicyclic) bond motifs is 1. The van der Waals surface area contributed by atoms with Gasteiger partial charge in [0.2, 0.25) is 0 Å². The average molecular weight is 291 g/mol. The highest BCUT2D eigenvalue weighted by Gasteiger charge is 2.04. The highest BCUT2D eigenvalue weighted by atomic mass is 35.5. The van der Waals surface area contributed by atoms with E-state index in [1.54, 1.807) is 23.7 Å². The second kappa shape index (κ2) is 5.11. The van der Waals surface area contributed by atoms with Crippen LogP contribution < -0.4 is 5.32 Å². The van der Waals surface area contributed by atoms with Gasteiger partial charge in [0.15, 0.2) is 5.13 Å². The number of benzene rings is 1. The molecule has 0 unspecified atom stereocenters. The van der Waals surface area contributed by atoms with Crippen LogP contribution in [-0.4, -0.2) is 15.0 Å². The van der Waals surface area contributed by atoms with Gasteiger partial charge < -0.3 is 5.32 Å². The third-order valence-electron chi connectivity index (χ3n) is 2.60. The summed E-state index contributed by atoms with van der Waals surface area (Å²) in [6.07, 6.45) is 3.53. The van der Waals surface area contributed by atoms with Crippen molar-refractivity contribution in [1.82, 2.24) is 15.0 Å². The zero-order valence-electron chi connectivity index (χ0n) is 10.2. The van der Waals surface area contributed by atoms with Crippen molar-refractivity contribution in [2.24, 2.45) is 0 Å². The molecule has 0 aliphatic heterocycles. The molecule has 2 aromatic heterocycles. The maximum atomic E-state index is 5.94. The molecule has 2 heterocycles. The van der Waals surface area contributed by atoms with Crippen LogP contribution >= 0.6 is 22.9 Å². The van der Waals surface area contributed by atoms with E-state index in [0.717, 1.165) is 26.7 Å². The number of nitrogens with one attached hydrogen (secondary N) is 1. The van der Waals surface area contributed by atoms with E-state index >= 15 is 0 Å². The molecule has 96 valence electrons. The monoisotopic (exact) mass is 290 g/mol. The summed E-state index contributed by atoms with van der Waals surface area (Å²) in [4.78, 5) is 13.0. The molecule has 19 heavy (non-hydrogen) atoms. The molecule has 1 aromatic carbocycles. The van der Waals surface area contributed by atoms with Crippen LogP contribution in [0.2, 0.25) is 5.02 Å². The smallest absolute Gasteiger partial charge is 0.184 e. The fourth-order valence-corrected chi connectivity index (χ4v) is 2.66. The summed E-state index contributed by atoms with van der Waals surface area (Å²) in [5, 5.41) is 4.81. The Bertz CT molecular complexity index is 708. The summed E-state index contributed by atoms with van der Waals surface area (Å²) in [5.41, 5.74) is 2.72. The summed E-state index contributed by atoms with van der Waals surface area (Å²) >= 11 is 7.54. The minimum absolute atomic E-state index is 0.612. The standard InChI is InChI=1S/C13H11ClN4S/c1-8-5-16-10(6-15-8)7-17-13-18-11-4-9(14)2-3-12(11)19-13/h2-6H,7H2,1H3,(H,17,18). The summed E-state index contributed by atoms with van der Waals surface area (Å²) in [5.74, 6) is 0. The second-order valence-corrected chi connectivity index (χ2v) is 5.60. The first-order valence-corrected chi connectivity index (χ1v) is 6.98. The molecule has 0 atom stereocenters. The molecule has 0 saturated carbocycles. The molecule has 6 heteroatoms. The number of thiazole rings is 1. The summed E-state index contributed by atoms with van der Waals surface area (Å²) in [7, 11) is 0. The van der Waals surface area contributed by atoms with Crippen molar-refractivity contribution in [2.45, 2.75) is 13.5 Å². The molecule has 0 fully saturated rings. The molecule has 1 N–H and O–H groups in total. The first kappa shape index (κ1) is 12.3. The van der Waals surface area contributed by atoms with Gasteiger partial charge in [-0.25, -0.2) is 4.98 Å². The molecule has 3 aromatic rings. The van der Waals surface area contributed by atoms with Gasteiger partial charge in [-0.1, -0.05) is 22.9 Å². The van der Waals surface area contributed by atoms with Gasteiger partial charge in [-0.2, -0.15) is 0 Å². The Hall–Kier alpha value is -1.72. The molecule has 0 spiro atoms. The maximum Gasteiger partial charge on any atom is 0.184 e. The first-order valence-electron chi connectivity index (χ1n) is 5.78. The van der Waals surface area contributed by atoms with Crippen LogP contribution in [0.5, 0.6) is 0 Å². The SMILES string of the molecule is Cc1cnc(CNc2nc3cc(Cl)ccc3s2)cn1. The van der Waals surface area contributed by atoms with Crippen LogP contribution in [0.1, 0.15) is 11.4 Å². The minimum atomic E-state index is 0.612. The van der Waals surface area contributed by atoms with Crippen molar-refractivity contribution in [3.63, 3.8) is 0 Å². The van der Waals surface area contributed by atoms with Gasteiger partial charge in [-0.15, -0.1) is 0 Å².